The van der Waals surface area contributed by atoms with Crippen LogP contribution in [0.3, 0.4) is 0 Å². The minimum atomic E-state index is -2.12. The van der Waals surface area contributed by atoms with Crippen LogP contribution in [-0.4, -0.2) is 24.9 Å². The summed E-state index contributed by atoms with van der Waals surface area (Å²) in [5.41, 5.74) is 28.4. The maximum absolute atomic E-state index is 9.00. The summed E-state index contributed by atoms with van der Waals surface area (Å²) in [4.78, 5) is 22.7. The van der Waals surface area contributed by atoms with E-state index in [9.17, 15) is 0 Å². The van der Waals surface area contributed by atoms with E-state index in [2.05, 4.69) is 167 Å². The summed E-state index contributed by atoms with van der Waals surface area (Å²) in [5.74, 6) is -2.01. The van der Waals surface area contributed by atoms with E-state index in [1.54, 1.807) is 39.0 Å². The van der Waals surface area contributed by atoms with Gasteiger partial charge in [-0.1, -0.05) is 148 Å². The van der Waals surface area contributed by atoms with Crippen molar-refractivity contribution in [3.05, 3.63) is 298 Å². The van der Waals surface area contributed by atoms with Gasteiger partial charge in [0.25, 0.3) is 0 Å². The fraction of sp³-hybridized carbons (Fsp3) is 0.311. The summed E-state index contributed by atoms with van der Waals surface area (Å²) < 4.78 is 193. The summed E-state index contributed by atoms with van der Waals surface area (Å²) in [6.45, 7) is 15.9. The van der Waals surface area contributed by atoms with Gasteiger partial charge >= 0.3 is 0 Å². The first-order valence-electron chi connectivity index (χ1n) is 55.5. The molecule has 0 saturated heterocycles. The van der Waals surface area contributed by atoms with E-state index in [0.29, 0.717) is 71.2 Å². The molecule has 15 aromatic heterocycles. The number of furan rings is 5. The number of benzene rings is 5. The number of rotatable bonds is 14. The largest absolute Gasteiger partial charge is 0.437 e. The van der Waals surface area contributed by atoms with E-state index < -0.39 is 57.4 Å². The van der Waals surface area contributed by atoms with Crippen LogP contribution in [0.25, 0.3) is 167 Å². The van der Waals surface area contributed by atoms with Crippen LogP contribution < -0.4 is 22.8 Å². The third kappa shape index (κ3) is 18.2. The van der Waals surface area contributed by atoms with Gasteiger partial charge in [0.2, 0.25) is 57.0 Å². The number of terminal acetylenes is 1. The lowest BCUT2D eigenvalue weighted by molar-refractivity contribution is -0.660. The van der Waals surface area contributed by atoms with Gasteiger partial charge in [0, 0.05) is 177 Å². The van der Waals surface area contributed by atoms with Gasteiger partial charge in [-0.3, -0.25) is 0 Å². The first-order valence-corrected chi connectivity index (χ1v) is 46.0. The van der Waals surface area contributed by atoms with Gasteiger partial charge in [-0.15, -0.1) is 12.3 Å². The molecule has 678 valence electrons. The summed E-state index contributed by atoms with van der Waals surface area (Å²) in [6, 6.07) is 59.1. The Bertz CT molecular complexity index is 8810. The number of hydrogen-bond donors (Lipinski definition) is 0. The molecule has 5 aromatic carbocycles. The molecule has 22 rings (SSSR count). The molecule has 1 unspecified atom stereocenters. The van der Waals surface area contributed by atoms with Crippen molar-refractivity contribution >= 4 is 110 Å². The summed E-state index contributed by atoms with van der Waals surface area (Å²) in [5, 5.41) is 9.31. The molecule has 1 atom stereocenters. The normalized spacial score (nSPS) is 17.7. The Morgan fingerprint density at radius 2 is 0.679 bits per heavy atom. The fourth-order valence-electron chi connectivity index (χ4n) is 18.3. The molecule has 15 heteroatoms. The summed E-state index contributed by atoms with van der Waals surface area (Å²) >= 11 is 0. The smallest absolute Gasteiger partial charge is 0.227 e. The van der Waals surface area contributed by atoms with Crippen LogP contribution in [0.5, 0.6) is 0 Å². The second-order valence-electron chi connectivity index (χ2n) is 34.9. The Morgan fingerprint density at radius 1 is 0.373 bits per heavy atom. The molecule has 0 amide bonds. The second kappa shape index (κ2) is 39.9. The van der Waals surface area contributed by atoms with E-state index in [1.807, 2.05) is 178 Å². The molecule has 0 aliphatic heterocycles. The Morgan fingerprint density at radius 3 is 1.01 bits per heavy atom. The van der Waals surface area contributed by atoms with Gasteiger partial charge < -0.3 is 22.1 Å². The predicted molar refractivity (Wildman–Crippen MR) is 546 cm³/mol. The minimum Gasteiger partial charge on any atom is -0.437 e. The molecular formula is C119H127N10O5+5. The van der Waals surface area contributed by atoms with E-state index in [-0.39, 0.29) is 44.0 Å². The lowest BCUT2D eigenvalue weighted by Gasteiger charge is -2.20. The number of hydrogen-bond acceptors (Lipinski definition) is 10. The average molecular weight is 1800 g/mol. The Labute approximate surface area is 814 Å². The molecule has 15 heterocycles. The SMILES string of the molecule is C#CC.[2H]C([2H])([2H])Cc1ccc(-c2c(C)ccc3c2oc2nc(C([2H])(C)C)ccc23)[n+](C)c1.[2H]C([2H])([2H])Cc1ccc(-c2c(C)ccc3c2oc2nc(CC)ccc23)[n+](C)c1.[2H]C1([2H])CCCC([2H])([2H])C1([2H])c1ccc2c(n1)oc1c(-c3ccc(CC)c[n+]3C)c(C)ccc12.[2H]C1([2H])CCCC1([2H])c1ccc2c(n1)oc1c(-c3ccc(CC)c[n+]3C)c(C)ccc12.[2H]c1ccc2c(n1)oc1c(-c3ccc(CC([2H])([2H])[2H])c[n+]3C)c(C)ccc12. The van der Waals surface area contributed by atoms with Crippen LogP contribution in [-0.2, 0) is 73.8 Å². The third-order valence-corrected chi connectivity index (χ3v) is 25.5. The van der Waals surface area contributed by atoms with Crippen LogP contribution in [0.2, 0.25) is 0 Å². The molecule has 0 bridgehead atoms. The second-order valence-corrected chi connectivity index (χ2v) is 34.9. The Balaban J connectivity index is 0.000000129. The zero-order valence-electron chi connectivity index (χ0n) is 98.3. The Hall–Kier alpha value is -13.8. The molecule has 15 nitrogen and oxygen atoms in total. The van der Waals surface area contributed by atoms with Gasteiger partial charge in [-0.05, 0) is 230 Å². The molecule has 134 heavy (non-hydrogen) atoms. The highest BCUT2D eigenvalue weighted by atomic mass is 16.4. The number of aryl methyl sites for hydroxylation is 16. The van der Waals surface area contributed by atoms with Crippen LogP contribution in [0.1, 0.15) is 242 Å². The third-order valence-electron chi connectivity index (χ3n) is 25.5. The first kappa shape index (κ1) is 70.9. The van der Waals surface area contributed by atoms with E-state index in [1.165, 1.54) is 11.1 Å². The fourth-order valence-corrected chi connectivity index (χ4v) is 18.3. The lowest BCUT2D eigenvalue weighted by atomic mass is 9.86. The van der Waals surface area contributed by atoms with Crippen LogP contribution >= 0.6 is 0 Å². The Kier molecular flexibility index (Phi) is 21.1. The zero-order chi connectivity index (χ0) is 110. The molecule has 2 saturated carbocycles. The number of pyridine rings is 10. The van der Waals surface area contributed by atoms with Crippen LogP contribution in [0, 0.1) is 47.0 Å². The molecule has 0 N–H and O–H groups in total. The van der Waals surface area contributed by atoms with Gasteiger partial charge in [0.05, 0.1) is 29.2 Å². The molecule has 2 fully saturated rings. The van der Waals surface area contributed by atoms with Crippen molar-refractivity contribution in [2.24, 2.45) is 35.2 Å². The quantitative estimate of drug-likeness (QED) is 0.0760. The summed E-state index contributed by atoms with van der Waals surface area (Å²) in [7, 11) is 9.82. The first-order chi connectivity index (χ1) is 72.1. The van der Waals surface area contributed by atoms with Crippen LogP contribution in [0.4, 0.5) is 0 Å². The topological polar surface area (TPSA) is 150 Å². The van der Waals surface area contributed by atoms with Crippen LogP contribution in [0.15, 0.2) is 241 Å². The standard InChI is InChI=1S/C26H29N2O.C25H27N2O.C23H25N2O.C22H23N2O.C20H19N2O.C3H4/c1-4-18-11-15-23(28(3)16-18)24-17(2)10-12-20-21-13-14-22(19-8-6-5-7-9-19)27-26(21)29-25(20)24;1-4-17-10-14-22(27(3)15-17)23-16(2)9-11-19-20-12-13-21(18-7-5-6-8-18)26-25(20)28-24(19)23;1-6-16-8-12-20(25(5)13-16)21-15(4)7-9-17-18-10-11-19(14(2)3)24-23(18)26-22(17)21;1-5-15-8-12-19(24(4)13-15)20-14(3)7-10-17-18-11-9-16(6-2)23-22(18)25-21(17)20;1-4-14-8-10-17(22(3)12-14)18-13(2)7-9-15-16-6-5-11-21-20(16)23-19(15)18;1-3-2/h10-16,19H,4-9H2,1-3H3;9-15,18H,4-8H2,1-3H3;7-14H,6H2,1-5H3;7-13H,5-6H2,1-4H3;5-12H,4H2,1-3H3;1H,2H3/q5*+1;/i8D2,9D2,19D;7D2,18D;1D3,14D;1D3;1D3,11D;. The van der Waals surface area contributed by atoms with E-state index >= 15 is 0 Å². The van der Waals surface area contributed by atoms with Crippen molar-refractivity contribution in [3.63, 3.8) is 0 Å². The van der Waals surface area contributed by atoms with Gasteiger partial charge in [-0.2, -0.15) is 0 Å². The maximum Gasteiger partial charge on any atom is 0.227 e. The minimum absolute atomic E-state index is 0.0323. The van der Waals surface area contributed by atoms with E-state index in [4.69, 9.17) is 48.1 Å². The molecule has 2 aliphatic rings. The van der Waals surface area contributed by atoms with Gasteiger partial charge in [0.15, 0.2) is 58.9 Å². The maximum atomic E-state index is 9.00. The van der Waals surface area contributed by atoms with Crippen molar-refractivity contribution in [2.75, 3.05) is 0 Å². The molecule has 0 radical (unpaired) electrons. The van der Waals surface area contributed by atoms with Gasteiger partial charge in [-0.25, -0.2) is 47.8 Å². The predicted octanol–water partition coefficient (Wildman–Crippen LogP) is 27.7. The lowest BCUT2D eigenvalue weighted by Crippen LogP contribution is -2.31. The molecular weight excluding hydrogens is 1650 g/mol. The molecule has 20 aromatic rings. The monoisotopic (exact) mass is 1800 g/mol. The highest BCUT2D eigenvalue weighted by Gasteiger charge is 2.30. The number of nitrogens with zero attached hydrogens (tertiary/aromatic N) is 10. The number of fused-ring (bicyclic) bond motifs is 15. The number of aromatic nitrogens is 10. The average Bonchev–Trinajstić information content (AvgIpc) is 1.66. The van der Waals surface area contributed by atoms with Crippen molar-refractivity contribution in [3.8, 4) is 68.6 Å². The van der Waals surface area contributed by atoms with Crippen molar-refractivity contribution in [2.45, 2.75) is 211 Å². The highest BCUT2D eigenvalue weighted by Crippen LogP contribution is 2.45. The molecule has 0 spiro atoms. The highest BCUT2D eigenvalue weighted by molar-refractivity contribution is 6.13. The van der Waals surface area contributed by atoms with Gasteiger partial charge in [0.1, 0.15) is 35.2 Å². The van der Waals surface area contributed by atoms with Crippen molar-refractivity contribution < 1.29 is 71.0 Å². The van der Waals surface area contributed by atoms with E-state index in [0.717, 1.165) is 202 Å². The zero-order valence-corrected chi connectivity index (χ0v) is 79.3. The van der Waals surface area contributed by atoms with Crippen molar-refractivity contribution in [1.82, 2.24) is 24.9 Å². The molecule has 2 aliphatic carbocycles. The summed E-state index contributed by atoms with van der Waals surface area (Å²) in [6.07, 6.45) is 14.1. The van der Waals surface area contributed by atoms with Crippen molar-refractivity contribution in [1.29, 1.82) is 0 Å².